The predicted molar refractivity (Wildman–Crippen MR) is 105 cm³/mol. The number of hydrogen-bond acceptors (Lipinski definition) is 4. The lowest BCUT2D eigenvalue weighted by Crippen LogP contribution is -2.26. The van der Waals surface area contributed by atoms with Crippen molar-refractivity contribution in [3.05, 3.63) is 81.7 Å². The zero-order chi connectivity index (χ0) is 19.3. The van der Waals surface area contributed by atoms with Gasteiger partial charge in [0.25, 0.3) is 0 Å². The normalized spacial score (nSPS) is 13.0. The molecule has 0 unspecified atom stereocenters. The van der Waals surface area contributed by atoms with Crippen molar-refractivity contribution in [3.8, 4) is 11.1 Å². The van der Waals surface area contributed by atoms with Crippen LogP contribution in [0.4, 0.5) is 10.1 Å². The Labute approximate surface area is 159 Å². The van der Waals surface area contributed by atoms with Crippen molar-refractivity contribution in [2.45, 2.75) is 19.8 Å². The summed E-state index contributed by atoms with van der Waals surface area (Å²) in [6, 6.07) is 13.9. The fourth-order valence-electron chi connectivity index (χ4n) is 3.61. The van der Waals surface area contributed by atoms with E-state index in [1.807, 2.05) is 31.2 Å². The molecule has 1 aliphatic heterocycles. The van der Waals surface area contributed by atoms with Crippen LogP contribution in [-0.4, -0.2) is 25.5 Å². The maximum absolute atomic E-state index is 13.3. The highest BCUT2D eigenvalue weighted by molar-refractivity contribution is 6.05. The van der Waals surface area contributed by atoms with Gasteiger partial charge in [0.1, 0.15) is 5.82 Å². The molecule has 6 nitrogen and oxygen atoms in total. The van der Waals surface area contributed by atoms with E-state index in [9.17, 15) is 9.18 Å². The Bertz CT molecular complexity index is 1300. The molecule has 3 heterocycles. The van der Waals surface area contributed by atoms with Gasteiger partial charge in [-0.2, -0.15) is 4.52 Å². The van der Waals surface area contributed by atoms with E-state index in [1.165, 1.54) is 16.6 Å². The van der Waals surface area contributed by atoms with Crippen LogP contribution in [-0.2, 0) is 12.8 Å². The number of fused-ring (bicyclic) bond motifs is 2. The molecule has 0 atom stereocenters. The number of H-pyrrole nitrogens is 1. The Morgan fingerprint density at radius 1 is 1.11 bits per heavy atom. The van der Waals surface area contributed by atoms with E-state index in [0.717, 1.165) is 28.1 Å². The third-order valence-corrected chi connectivity index (χ3v) is 5.00. The first-order valence-corrected chi connectivity index (χ1v) is 9.07. The summed E-state index contributed by atoms with van der Waals surface area (Å²) >= 11 is 0. The van der Waals surface area contributed by atoms with E-state index in [1.54, 1.807) is 12.1 Å². The molecule has 2 aromatic heterocycles. The van der Waals surface area contributed by atoms with Gasteiger partial charge >= 0.3 is 5.56 Å². The van der Waals surface area contributed by atoms with Crippen LogP contribution in [0.15, 0.2) is 58.3 Å². The maximum atomic E-state index is 13.3. The van der Waals surface area contributed by atoms with E-state index in [2.05, 4.69) is 20.3 Å². The highest BCUT2D eigenvalue weighted by Crippen LogP contribution is 2.29. The van der Waals surface area contributed by atoms with Gasteiger partial charge in [-0.1, -0.05) is 37.3 Å². The van der Waals surface area contributed by atoms with Crippen LogP contribution < -0.4 is 5.56 Å². The zero-order valence-electron chi connectivity index (χ0n) is 15.1. The number of rotatable bonds is 3. The minimum atomic E-state index is -0.314. The van der Waals surface area contributed by atoms with Crippen molar-refractivity contribution >= 4 is 17.0 Å². The Balaban J connectivity index is 1.68. The second-order valence-corrected chi connectivity index (χ2v) is 6.70. The molecule has 0 saturated carbocycles. The van der Waals surface area contributed by atoms with Crippen LogP contribution in [0.2, 0.25) is 0 Å². The number of benzene rings is 2. The Morgan fingerprint density at radius 2 is 1.89 bits per heavy atom. The van der Waals surface area contributed by atoms with Crippen LogP contribution in [0.25, 0.3) is 16.8 Å². The second-order valence-electron chi connectivity index (χ2n) is 6.70. The van der Waals surface area contributed by atoms with Crippen molar-refractivity contribution < 1.29 is 4.39 Å². The van der Waals surface area contributed by atoms with Gasteiger partial charge in [-0.15, -0.1) is 10.2 Å². The van der Waals surface area contributed by atoms with Gasteiger partial charge in [0, 0.05) is 17.7 Å². The molecule has 0 bridgehead atoms. The summed E-state index contributed by atoms with van der Waals surface area (Å²) in [6.07, 6.45) is 1.22. The van der Waals surface area contributed by atoms with Gasteiger partial charge in [0.15, 0.2) is 11.3 Å². The summed E-state index contributed by atoms with van der Waals surface area (Å²) in [7, 11) is 0. The predicted octanol–water partition coefficient (Wildman–Crippen LogP) is 3.46. The molecule has 0 aliphatic carbocycles. The molecule has 4 aromatic rings. The molecule has 2 aromatic carbocycles. The minimum absolute atomic E-state index is 0.239. The summed E-state index contributed by atoms with van der Waals surface area (Å²) in [5, 5.41) is 11.7. The molecule has 7 heteroatoms. The number of aryl methyl sites for hydroxylation is 1. The first-order chi connectivity index (χ1) is 13.7. The first kappa shape index (κ1) is 16.6. The standard InChI is InChI=1S/C21H16FN5O/c1-2-15-18(12-7-9-14(22)10-8-12)20-25-24-19(21(28)27(20)26-15)17-11-13-5-3-4-6-16(13)23-17/h3-10,26H,2,11H2,1H3. The molecule has 0 spiro atoms. The van der Waals surface area contributed by atoms with E-state index < -0.39 is 0 Å². The Hall–Kier alpha value is -3.61. The molecule has 0 radical (unpaired) electrons. The number of halogens is 1. The molecule has 5 rings (SSSR count). The lowest BCUT2D eigenvalue weighted by molar-refractivity contribution is 0.628. The van der Waals surface area contributed by atoms with E-state index in [0.29, 0.717) is 24.2 Å². The largest absolute Gasteiger partial charge is 0.300 e. The second kappa shape index (κ2) is 6.23. The number of aromatic amines is 1. The smallest absolute Gasteiger partial charge is 0.293 e. The average Bonchev–Trinajstić information content (AvgIpc) is 3.30. The summed E-state index contributed by atoms with van der Waals surface area (Å²) in [4.78, 5) is 17.7. The number of nitrogens with one attached hydrogen (secondary N) is 1. The summed E-state index contributed by atoms with van der Waals surface area (Å²) in [5.74, 6) is -0.314. The number of hydrogen-bond donors (Lipinski definition) is 1. The van der Waals surface area contributed by atoms with Gasteiger partial charge in [-0.25, -0.2) is 4.39 Å². The maximum Gasteiger partial charge on any atom is 0.300 e. The van der Waals surface area contributed by atoms with Gasteiger partial charge in [-0.3, -0.25) is 14.9 Å². The number of para-hydroxylation sites is 1. The average molecular weight is 373 g/mol. The fraction of sp³-hybridized carbons (Fsp3) is 0.143. The molecule has 0 amide bonds. The monoisotopic (exact) mass is 373 g/mol. The highest BCUT2D eigenvalue weighted by Gasteiger charge is 2.23. The van der Waals surface area contributed by atoms with Crippen LogP contribution in [0.1, 0.15) is 23.9 Å². The van der Waals surface area contributed by atoms with Crippen LogP contribution >= 0.6 is 0 Å². The number of aromatic nitrogens is 4. The molecule has 0 fully saturated rings. The first-order valence-electron chi connectivity index (χ1n) is 9.07. The van der Waals surface area contributed by atoms with Gasteiger partial charge < -0.3 is 0 Å². The summed E-state index contributed by atoms with van der Waals surface area (Å²) < 4.78 is 14.7. The zero-order valence-corrected chi connectivity index (χ0v) is 15.1. The van der Waals surface area contributed by atoms with Crippen LogP contribution in [0.5, 0.6) is 0 Å². The van der Waals surface area contributed by atoms with E-state index >= 15 is 0 Å². The molecule has 138 valence electrons. The quantitative estimate of drug-likeness (QED) is 0.598. The van der Waals surface area contributed by atoms with Crippen molar-refractivity contribution in [1.82, 2.24) is 19.8 Å². The van der Waals surface area contributed by atoms with Crippen LogP contribution in [0, 0.1) is 5.82 Å². The molecular weight excluding hydrogens is 357 g/mol. The van der Waals surface area contributed by atoms with Gasteiger partial charge in [-0.05, 0) is 35.7 Å². The Kier molecular flexibility index (Phi) is 3.68. The fourth-order valence-corrected chi connectivity index (χ4v) is 3.61. The lowest BCUT2D eigenvalue weighted by Gasteiger charge is -2.02. The summed E-state index contributed by atoms with van der Waals surface area (Å²) in [6.45, 7) is 1.98. The van der Waals surface area contributed by atoms with Crippen molar-refractivity contribution in [2.75, 3.05) is 0 Å². The van der Waals surface area contributed by atoms with E-state index in [-0.39, 0.29) is 17.1 Å². The third kappa shape index (κ3) is 2.47. The van der Waals surface area contributed by atoms with Crippen molar-refractivity contribution in [2.24, 2.45) is 4.99 Å². The minimum Gasteiger partial charge on any atom is -0.293 e. The van der Waals surface area contributed by atoms with Gasteiger partial charge in [0.05, 0.1) is 11.4 Å². The van der Waals surface area contributed by atoms with Crippen molar-refractivity contribution in [3.63, 3.8) is 0 Å². The molecular formula is C21H16FN5O. The Morgan fingerprint density at radius 3 is 2.64 bits per heavy atom. The highest BCUT2D eigenvalue weighted by atomic mass is 19.1. The molecule has 1 aliphatic rings. The number of aliphatic imine (C=N–C) groups is 1. The van der Waals surface area contributed by atoms with Gasteiger partial charge in [0.2, 0.25) is 0 Å². The lowest BCUT2D eigenvalue weighted by atomic mass is 10.0. The molecule has 1 N–H and O–H groups in total. The summed E-state index contributed by atoms with van der Waals surface area (Å²) in [5.41, 5.74) is 5.29. The molecule has 0 saturated heterocycles. The van der Waals surface area contributed by atoms with Crippen LogP contribution in [0.3, 0.4) is 0 Å². The van der Waals surface area contributed by atoms with E-state index in [4.69, 9.17) is 0 Å². The number of nitrogens with zero attached hydrogens (tertiary/aromatic N) is 4. The molecule has 28 heavy (non-hydrogen) atoms. The van der Waals surface area contributed by atoms with Crippen molar-refractivity contribution in [1.29, 1.82) is 0 Å². The third-order valence-electron chi connectivity index (χ3n) is 5.00. The SMILES string of the molecule is CCc1[nH]n2c(=O)c(C3=Nc4ccccc4C3)nnc2c1-c1ccc(F)cc1. The topological polar surface area (TPSA) is 75.4 Å².